The quantitative estimate of drug-likeness (QED) is 0.589. The Hall–Kier alpha value is -2.09. The fourth-order valence-electron chi connectivity index (χ4n) is 1.59. The summed E-state index contributed by atoms with van der Waals surface area (Å²) in [5, 5.41) is 0. The van der Waals surface area contributed by atoms with Gasteiger partial charge in [0.25, 0.3) is 0 Å². The van der Waals surface area contributed by atoms with Gasteiger partial charge >= 0.3 is 5.97 Å². The van der Waals surface area contributed by atoms with E-state index >= 15 is 0 Å². The minimum absolute atomic E-state index is 0.355. The zero-order chi connectivity index (χ0) is 12.3. The van der Waals surface area contributed by atoms with Crippen LogP contribution in [0.25, 0.3) is 11.1 Å². The van der Waals surface area contributed by atoms with Crippen LogP contribution >= 0.6 is 0 Å². The topological polar surface area (TPSA) is 26.3 Å². The van der Waals surface area contributed by atoms with Gasteiger partial charge in [0, 0.05) is 11.1 Å². The van der Waals surface area contributed by atoms with Crippen molar-refractivity contribution in [2.45, 2.75) is 13.3 Å². The highest BCUT2D eigenvalue weighted by Gasteiger charge is 2.13. The Balaban J connectivity index is 2.28. The first-order chi connectivity index (χ1) is 8.22. The molecule has 0 radical (unpaired) electrons. The van der Waals surface area contributed by atoms with E-state index in [1.165, 1.54) is 0 Å². The maximum Gasteiger partial charge on any atom is 0.338 e. The minimum Gasteiger partial charge on any atom is -0.423 e. The molecular weight excluding hydrogens is 212 g/mol. The van der Waals surface area contributed by atoms with E-state index in [1.54, 1.807) is 0 Å². The number of carbonyl (C=O) groups excluding carboxylic acids is 1. The van der Waals surface area contributed by atoms with Crippen LogP contribution in [0.5, 0.6) is 5.75 Å². The van der Waals surface area contributed by atoms with Crippen molar-refractivity contribution < 1.29 is 9.53 Å². The summed E-state index contributed by atoms with van der Waals surface area (Å²) in [5.41, 5.74) is 2.48. The monoisotopic (exact) mass is 226 g/mol. The van der Waals surface area contributed by atoms with E-state index in [-0.39, 0.29) is 5.97 Å². The van der Waals surface area contributed by atoms with Gasteiger partial charge in [-0.2, -0.15) is 0 Å². The Labute approximate surface area is 101 Å². The number of hydrogen-bond donors (Lipinski definition) is 0. The Morgan fingerprint density at radius 3 is 2.71 bits per heavy atom. The van der Waals surface area contributed by atoms with Crippen LogP contribution in [-0.2, 0) is 4.79 Å². The average Bonchev–Trinajstić information content (AvgIpc) is 2.58. The van der Waals surface area contributed by atoms with Gasteiger partial charge in [-0.05, 0) is 18.1 Å². The van der Waals surface area contributed by atoms with Gasteiger partial charge in [-0.3, -0.25) is 0 Å². The molecule has 2 nitrogen and oxygen atoms in total. The fraction of sp³-hybridized carbons (Fsp3) is 0.133. The smallest absolute Gasteiger partial charge is 0.338 e. The van der Waals surface area contributed by atoms with E-state index in [0.29, 0.717) is 17.7 Å². The first-order valence-electron chi connectivity index (χ1n) is 5.60. The molecule has 0 aromatic heterocycles. The SMILES string of the molecule is C=C(CC)C(=O)Oc1ccc2cccccc1-2. The molecule has 0 heterocycles. The summed E-state index contributed by atoms with van der Waals surface area (Å²) in [5.74, 6) is 0.238. The molecule has 2 aliphatic carbocycles. The highest BCUT2D eigenvalue weighted by molar-refractivity contribution is 5.91. The Bertz CT molecular complexity index is 528. The van der Waals surface area contributed by atoms with Gasteiger partial charge in [0.05, 0.1) is 0 Å². The lowest BCUT2D eigenvalue weighted by molar-refractivity contribution is -0.130. The van der Waals surface area contributed by atoms with Crippen molar-refractivity contribution in [1.82, 2.24) is 0 Å². The second-order valence-electron chi connectivity index (χ2n) is 3.82. The summed E-state index contributed by atoms with van der Waals surface area (Å²) in [6, 6.07) is 13.5. The third-order valence-corrected chi connectivity index (χ3v) is 2.67. The lowest BCUT2D eigenvalue weighted by Crippen LogP contribution is -2.09. The van der Waals surface area contributed by atoms with E-state index in [9.17, 15) is 4.79 Å². The van der Waals surface area contributed by atoms with Gasteiger partial charge < -0.3 is 4.74 Å². The normalized spacial score (nSPS) is 10.2. The van der Waals surface area contributed by atoms with Gasteiger partial charge in [0.2, 0.25) is 0 Å². The van der Waals surface area contributed by atoms with Gasteiger partial charge in [-0.1, -0.05) is 49.9 Å². The van der Waals surface area contributed by atoms with Crippen LogP contribution in [0, 0.1) is 0 Å². The lowest BCUT2D eigenvalue weighted by Gasteiger charge is -2.04. The minimum atomic E-state index is -0.355. The predicted octanol–water partition coefficient (Wildman–Crippen LogP) is 3.66. The lowest BCUT2D eigenvalue weighted by atomic mass is 10.2. The van der Waals surface area contributed by atoms with Gasteiger partial charge in [-0.25, -0.2) is 4.79 Å². The molecule has 2 rings (SSSR count). The van der Waals surface area contributed by atoms with Crippen molar-refractivity contribution in [3.63, 3.8) is 0 Å². The highest BCUT2D eigenvalue weighted by atomic mass is 16.5. The molecule has 0 aromatic rings. The van der Waals surface area contributed by atoms with Crippen molar-refractivity contribution in [2.75, 3.05) is 0 Å². The number of esters is 1. The first-order valence-corrected chi connectivity index (χ1v) is 5.60. The van der Waals surface area contributed by atoms with E-state index in [4.69, 9.17) is 4.74 Å². The number of fused-ring (bicyclic) bond motifs is 1. The third-order valence-electron chi connectivity index (χ3n) is 2.67. The van der Waals surface area contributed by atoms with Crippen LogP contribution in [-0.4, -0.2) is 5.97 Å². The van der Waals surface area contributed by atoms with Crippen LogP contribution in [0.15, 0.2) is 54.6 Å². The summed E-state index contributed by atoms with van der Waals surface area (Å²) < 4.78 is 5.32. The summed E-state index contributed by atoms with van der Waals surface area (Å²) in [4.78, 5) is 11.6. The zero-order valence-electron chi connectivity index (χ0n) is 9.77. The fourth-order valence-corrected chi connectivity index (χ4v) is 1.59. The molecule has 0 bridgehead atoms. The van der Waals surface area contributed by atoms with Crippen LogP contribution in [0.1, 0.15) is 13.3 Å². The molecule has 0 saturated carbocycles. The largest absolute Gasteiger partial charge is 0.423 e. The first kappa shape index (κ1) is 11.4. The Morgan fingerprint density at radius 1 is 1.18 bits per heavy atom. The molecule has 0 fully saturated rings. The number of rotatable bonds is 3. The van der Waals surface area contributed by atoms with Gasteiger partial charge in [0.1, 0.15) is 5.75 Å². The maximum atomic E-state index is 11.6. The van der Waals surface area contributed by atoms with E-state index in [0.717, 1.165) is 11.1 Å². The van der Waals surface area contributed by atoms with Crippen molar-refractivity contribution in [3.05, 3.63) is 54.6 Å². The molecule has 86 valence electrons. The van der Waals surface area contributed by atoms with E-state index < -0.39 is 0 Å². The summed E-state index contributed by atoms with van der Waals surface area (Å²) >= 11 is 0. The van der Waals surface area contributed by atoms with Crippen molar-refractivity contribution in [3.8, 4) is 16.9 Å². The molecule has 0 spiro atoms. The molecule has 0 atom stereocenters. The van der Waals surface area contributed by atoms with Crippen LogP contribution in [0.2, 0.25) is 0 Å². The Kier molecular flexibility index (Phi) is 3.24. The van der Waals surface area contributed by atoms with E-state index in [1.807, 2.05) is 49.4 Å². The predicted molar refractivity (Wildman–Crippen MR) is 68.1 cm³/mol. The van der Waals surface area contributed by atoms with Crippen molar-refractivity contribution in [1.29, 1.82) is 0 Å². The zero-order valence-corrected chi connectivity index (χ0v) is 9.77. The standard InChI is InChI=1S/C15H14O2/c1-3-11(2)15(16)17-14-10-9-12-7-5-4-6-8-13(12)14/h4-10H,2-3H2,1H3. The van der Waals surface area contributed by atoms with E-state index in [2.05, 4.69) is 6.58 Å². The van der Waals surface area contributed by atoms with Crippen molar-refractivity contribution in [2.24, 2.45) is 0 Å². The van der Waals surface area contributed by atoms with Crippen LogP contribution in [0.3, 0.4) is 0 Å². The molecular formula is C15H14O2. The molecule has 17 heavy (non-hydrogen) atoms. The molecule has 0 saturated heterocycles. The average molecular weight is 226 g/mol. The molecule has 0 amide bonds. The molecule has 0 N–H and O–H groups in total. The third kappa shape index (κ3) is 2.36. The summed E-state index contributed by atoms with van der Waals surface area (Å²) in [6.45, 7) is 5.55. The Morgan fingerprint density at radius 2 is 1.94 bits per heavy atom. The maximum absolute atomic E-state index is 11.6. The molecule has 0 aromatic carbocycles. The number of hydrogen-bond acceptors (Lipinski definition) is 2. The molecule has 2 heteroatoms. The molecule has 2 aliphatic rings. The number of ether oxygens (including phenoxy) is 1. The van der Waals surface area contributed by atoms with Gasteiger partial charge in [-0.15, -0.1) is 0 Å². The summed E-state index contributed by atoms with van der Waals surface area (Å²) in [7, 11) is 0. The molecule has 0 aliphatic heterocycles. The van der Waals surface area contributed by atoms with Crippen LogP contribution in [0.4, 0.5) is 0 Å². The van der Waals surface area contributed by atoms with Crippen LogP contribution < -0.4 is 4.74 Å². The second-order valence-corrected chi connectivity index (χ2v) is 3.82. The molecule has 0 unspecified atom stereocenters. The van der Waals surface area contributed by atoms with Crippen molar-refractivity contribution >= 4 is 5.97 Å². The van der Waals surface area contributed by atoms with Gasteiger partial charge in [0.15, 0.2) is 0 Å². The number of carbonyl (C=O) groups is 1. The highest BCUT2D eigenvalue weighted by Crippen LogP contribution is 2.33. The summed E-state index contributed by atoms with van der Waals surface area (Å²) in [6.07, 6.45) is 0.602. The second kappa shape index (κ2) is 4.83.